The lowest BCUT2D eigenvalue weighted by atomic mass is 10.0. The van der Waals surface area contributed by atoms with Gasteiger partial charge in [-0.25, -0.2) is 9.97 Å². The Morgan fingerprint density at radius 1 is 1.20 bits per heavy atom. The molecule has 2 N–H and O–H groups in total. The number of anilines is 1. The molecule has 0 aliphatic rings. The molecule has 0 amide bonds. The molecule has 1 aromatic carbocycles. The molecule has 0 radical (unpaired) electrons. The van der Waals surface area contributed by atoms with Crippen LogP contribution in [0.1, 0.15) is 23.9 Å². The summed E-state index contributed by atoms with van der Waals surface area (Å²) in [7, 11) is 0. The number of benzene rings is 1. The van der Waals surface area contributed by atoms with E-state index >= 15 is 0 Å². The van der Waals surface area contributed by atoms with Gasteiger partial charge in [0, 0.05) is 16.5 Å². The van der Waals surface area contributed by atoms with Gasteiger partial charge >= 0.3 is 0 Å². The largest absolute Gasteiger partial charge is 0.464 e. The van der Waals surface area contributed by atoms with Crippen molar-refractivity contribution >= 4 is 16.8 Å². The van der Waals surface area contributed by atoms with Crippen LogP contribution < -0.4 is 5.73 Å². The molecule has 0 saturated carbocycles. The van der Waals surface area contributed by atoms with Gasteiger partial charge in [-0.1, -0.05) is 6.92 Å². The minimum atomic E-state index is 0.569. The van der Waals surface area contributed by atoms with Gasteiger partial charge in [0.2, 0.25) is 0 Å². The number of rotatable bonds is 2. The lowest BCUT2D eigenvalue weighted by Crippen LogP contribution is -2.04. The second-order valence-electron chi connectivity index (χ2n) is 4.97. The van der Waals surface area contributed by atoms with Crippen molar-refractivity contribution in [2.45, 2.75) is 27.2 Å². The number of hydrogen-bond donors (Lipinski definition) is 1. The molecule has 0 unspecified atom stereocenters. The van der Waals surface area contributed by atoms with Crippen molar-refractivity contribution in [3.8, 4) is 11.3 Å². The van der Waals surface area contributed by atoms with E-state index in [1.807, 2.05) is 26.0 Å². The molecule has 20 heavy (non-hydrogen) atoms. The van der Waals surface area contributed by atoms with Crippen LogP contribution in [0.4, 0.5) is 5.82 Å². The average Bonchev–Trinajstić information content (AvgIpc) is 2.79. The molecule has 2 heterocycles. The second-order valence-corrected chi connectivity index (χ2v) is 4.97. The van der Waals surface area contributed by atoms with E-state index in [2.05, 4.69) is 23.0 Å². The van der Waals surface area contributed by atoms with Crippen molar-refractivity contribution in [1.29, 1.82) is 0 Å². The normalized spacial score (nSPS) is 11.2. The third-order valence-corrected chi connectivity index (χ3v) is 3.54. The number of nitrogens with zero attached hydrogens (tertiary/aromatic N) is 2. The molecular formula is C16H17N3O. The van der Waals surface area contributed by atoms with E-state index in [4.69, 9.17) is 10.2 Å². The van der Waals surface area contributed by atoms with E-state index in [9.17, 15) is 0 Å². The van der Waals surface area contributed by atoms with E-state index in [0.29, 0.717) is 11.6 Å². The van der Waals surface area contributed by atoms with Crippen LogP contribution in [0.3, 0.4) is 0 Å². The summed E-state index contributed by atoms with van der Waals surface area (Å²) in [5.74, 6) is 1.26. The molecule has 0 aliphatic heterocycles. The summed E-state index contributed by atoms with van der Waals surface area (Å²) >= 11 is 0. The van der Waals surface area contributed by atoms with Gasteiger partial charge in [-0.15, -0.1) is 0 Å². The van der Waals surface area contributed by atoms with Crippen LogP contribution in [-0.4, -0.2) is 9.97 Å². The molecule has 0 saturated heterocycles. The van der Waals surface area contributed by atoms with E-state index < -0.39 is 0 Å². The van der Waals surface area contributed by atoms with Crippen LogP contribution in [0.5, 0.6) is 0 Å². The van der Waals surface area contributed by atoms with Crippen LogP contribution >= 0.6 is 0 Å². The fourth-order valence-electron chi connectivity index (χ4n) is 2.51. The topological polar surface area (TPSA) is 64.9 Å². The van der Waals surface area contributed by atoms with Crippen LogP contribution in [0.15, 0.2) is 28.9 Å². The van der Waals surface area contributed by atoms with Crippen molar-refractivity contribution in [3.63, 3.8) is 0 Å². The zero-order valence-electron chi connectivity index (χ0n) is 11.9. The Hall–Kier alpha value is -2.36. The molecule has 4 heteroatoms. The number of fused-ring (bicyclic) bond motifs is 1. The fourth-order valence-corrected chi connectivity index (χ4v) is 2.51. The van der Waals surface area contributed by atoms with Crippen LogP contribution in [-0.2, 0) is 6.42 Å². The third-order valence-electron chi connectivity index (χ3n) is 3.54. The number of nitrogens with two attached hydrogens (primary N) is 1. The molecule has 0 spiro atoms. The maximum atomic E-state index is 6.02. The minimum absolute atomic E-state index is 0.569. The fraction of sp³-hybridized carbons (Fsp3) is 0.250. The molecule has 0 bridgehead atoms. The van der Waals surface area contributed by atoms with Crippen molar-refractivity contribution in [1.82, 2.24) is 9.97 Å². The molecule has 4 nitrogen and oxygen atoms in total. The molecular weight excluding hydrogens is 250 g/mol. The number of aryl methyl sites for hydroxylation is 2. The van der Waals surface area contributed by atoms with Crippen molar-refractivity contribution in [2.75, 3.05) is 5.73 Å². The summed E-state index contributed by atoms with van der Waals surface area (Å²) in [4.78, 5) is 8.82. The highest BCUT2D eigenvalue weighted by atomic mass is 16.3. The van der Waals surface area contributed by atoms with Crippen LogP contribution in [0.2, 0.25) is 0 Å². The van der Waals surface area contributed by atoms with Crippen molar-refractivity contribution in [3.05, 3.63) is 41.4 Å². The van der Waals surface area contributed by atoms with Gasteiger partial charge < -0.3 is 10.2 Å². The summed E-state index contributed by atoms with van der Waals surface area (Å²) in [6, 6.07) is 6.10. The number of aromatic nitrogens is 2. The summed E-state index contributed by atoms with van der Waals surface area (Å²) in [6.45, 7) is 5.96. The maximum absolute atomic E-state index is 6.02. The molecule has 0 atom stereocenters. The Balaban J connectivity index is 2.26. The molecule has 3 rings (SSSR count). The monoisotopic (exact) mass is 267 g/mol. The lowest BCUT2D eigenvalue weighted by molar-refractivity contribution is 0.613. The molecule has 0 aliphatic carbocycles. The predicted octanol–water partition coefficient (Wildman–Crippen LogP) is 3.65. The first kappa shape index (κ1) is 12.7. The molecule has 3 aromatic rings. The highest BCUT2D eigenvalue weighted by Gasteiger charge is 2.13. The van der Waals surface area contributed by atoms with E-state index in [0.717, 1.165) is 39.8 Å². The van der Waals surface area contributed by atoms with Crippen LogP contribution in [0.25, 0.3) is 22.2 Å². The Morgan fingerprint density at radius 3 is 2.75 bits per heavy atom. The average molecular weight is 267 g/mol. The smallest absolute Gasteiger partial charge is 0.134 e. The number of nitrogen functional groups attached to an aromatic ring is 1. The van der Waals surface area contributed by atoms with Gasteiger partial charge in [0.25, 0.3) is 0 Å². The first-order chi connectivity index (χ1) is 9.60. The Labute approximate surface area is 117 Å². The highest BCUT2D eigenvalue weighted by molar-refractivity contribution is 5.86. The van der Waals surface area contributed by atoms with Crippen LogP contribution in [0, 0.1) is 13.8 Å². The Kier molecular flexibility index (Phi) is 2.93. The van der Waals surface area contributed by atoms with E-state index in [1.165, 1.54) is 0 Å². The van der Waals surface area contributed by atoms with E-state index in [-0.39, 0.29) is 0 Å². The quantitative estimate of drug-likeness (QED) is 0.769. The summed E-state index contributed by atoms with van der Waals surface area (Å²) in [5.41, 5.74) is 11.0. The summed E-state index contributed by atoms with van der Waals surface area (Å²) in [5, 5.41) is 1.11. The zero-order chi connectivity index (χ0) is 14.3. The zero-order valence-corrected chi connectivity index (χ0v) is 11.9. The minimum Gasteiger partial charge on any atom is -0.464 e. The molecule has 0 fully saturated rings. The van der Waals surface area contributed by atoms with Crippen molar-refractivity contribution < 1.29 is 4.42 Å². The maximum Gasteiger partial charge on any atom is 0.134 e. The standard InChI is InChI=1S/C16H17N3O/c1-4-12-15(18-10(3)19-16(12)17)11-5-6-14-13(7-11)9(2)8-20-14/h5-8H,4H2,1-3H3,(H2,17,18,19). The Morgan fingerprint density at radius 2 is 2.00 bits per heavy atom. The summed E-state index contributed by atoms with van der Waals surface area (Å²) in [6.07, 6.45) is 2.58. The summed E-state index contributed by atoms with van der Waals surface area (Å²) < 4.78 is 5.49. The third kappa shape index (κ3) is 1.93. The first-order valence-electron chi connectivity index (χ1n) is 6.71. The highest BCUT2D eigenvalue weighted by Crippen LogP contribution is 2.30. The van der Waals surface area contributed by atoms with Gasteiger partial charge in [0.1, 0.15) is 17.2 Å². The molecule has 102 valence electrons. The van der Waals surface area contributed by atoms with Gasteiger partial charge in [-0.3, -0.25) is 0 Å². The van der Waals surface area contributed by atoms with E-state index in [1.54, 1.807) is 6.26 Å². The van der Waals surface area contributed by atoms with Gasteiger partial charge in [0.05, 0.1) is 12.0 Å². The second kappa shape index (κ2) is 4.63. The van der Waals surface area contributed by atoms with Gasteiger partial charge in [-0.05, 0) is 44.0 Å². The SMILES string of the molecule is CCc1c(N)nc(C)nc1-c1ccc2occ(C)c2c1. The Bertz CT molecular complexity index is 790. The number of hydrogen-bond acceptors (Lipinski definition) is 4. The predicted molar refractivity (Wildman–Crippen MR) is 80.5 cm³/mol. The lowest BCUT2D eigenvalue weighted by Gasteiger charge is -2.10. The van der Waals surface area contributed by atoms with Crippen molar-refractivity contribution in [2.24, 2.45) is 0 Å². The number of furan rings is 1. The van der Waals surface area contributed by atoms with Gasteiger partial charge in [0.15, 0.2) is 0 Å². The van der Waals surface area contributed by atoms with Gasteiger partial charge in [-0.2, -0.15) is 0 Å². The molecule has 2 aromatic heterocycles. The first-order valence-corrected chi connectivity index (χ1v) is 6.71.